The zero-order chi connectivity index (χ0) is 19.9. The van der Waals surface area contributed by atoms with Crippen LogP contribution < -0.4 is 14.8 Å². The Morgan fingerprint density at radius 2 is 1.82 bits per heavy atom. The number of carbonyl (C=O) groups is 1. The predicted octanol–water partition coefficient (Wildman–Crippen LogP) is 3.86. The largest absolute Gasteiger partial charge is 0.493 e. The molecule has 1 amide bonds. The fraction of sp³-hybridized carbons (Fsp3) is 0.381. The summed E-state index contributed by atoms with van der Waals surface area (Å²) in [5.74, 6) is -0.642. The molecule has 28 heavy (non-hydrogen) atoms. The molecule has 1 atom stereocenters. The van der Waals surface area contributed by atoms with Crippen molar-refractivity contribution in [3.05, 3.63) is 59.7 Å². The number of halogens is 2. The Hall–Kier alpha value is -2.67. The Kier molecular flexibility index (Phi) is 6.81. The Morgan fingerprint density at radius 3 is 2.46 bits per heavy atom. The summed E-state index contributed by atoms with van der Waals surface area (Å²) in [7, 11) is 1.34. The molecule has 0 aliphatic carbocycles. The van der Waals surface area contributed by atoms with Gasteiger partial charge >= 0.3 is 6.61 Å². The number of hydrogen-bond donors (Lipinski definition) is 1. The summed E-state index contributed by atoms with van der Waals surface area (Å²) in [6, 6.07) is 14.5. The van der Waals surface area contributed by atoms with Crippen molar-refractivity contribution in [2.45, 2.75) is 25.5 Å². The number of likely N-dealkylation sites (tertiary alicyclic amines) is 1. The molecule has 0 radical (unpaired) electrons. The average molecular weight is 390 g/mol. The van der Waals surface area contributed by atoms with Crippen LogP contribution in [-0.2, 0) is 0 Å². The second-order valence-corrected chi connectivity index (χ2v) is 6.60. The lowest BCUT2D eigenvalue weighted by Gasteiger charge is -2.28. The van der Waals surface area contributed by atoms with E-state index in [4.69, 9.17) is 4.74 Å². The SMILES string of the molecule is COc1cccc(C(=O)NCC(c2ccccc2)N2CCCC2)c1OC(F)F. The van der Waals surface area contributed by atoms with Crippen LogP contribution in [0.1, 0.15) is 34.8 Å². The quantitative estimate of drug-likeness (QED) is 0.744. The molecular weight excluding hydrogens is 366 g/mol. The molecule has 1 saturated heterocycles. The van der Waals surface area contributed by atoms with Crippen LogP contribution in [0, 0.1) is 0 Å². The number of benzene rings is 2. The minimum Gasteiger partial charge on any atom is -0.493 e. The highest BCUT2D eigenvalue weighted by Gasteiger charge is 2.25. The van der Waals surface area contributed by atoms with E-state index in [1.807, 2.05) is 30.3 Å². The van der Waals surface area contributed by atoms with Gasteiger partial charge in [0.05, 0.1) is 18.7 Å². The van der Waals surface area contributed by atoms with Gasteiger partial charge in [0.1, 0.15) is 0 Å². The number of nitrogens with one attached hydrogen (secondary N) is 1. The summed E-state index contributed by atoms with van der Waals surface area (Å²) in [4.78, 5) is 15.1. The van der Waals surface area contributed by atoms with Gasteiger partial charge < -0.3 is 14.8 Å². The highest BCUT2D eigenvalue weighted by Crippen LogP contribution is 2.32. The summed E-state index contributed by atoms with van der Waals surface area (Å²) in [5, 5.41) is 2.88. The van der Waals surface area contributed by atoms with E-state index in [9.17, 15) is 13.6 Å². The number of para-hydroxylation sites is 1. The third kappa shape index (κ3) is 4.78. The zero-order valence-corrected chi connectivity index (χ0v) is 15.7. The lowest BCUT2D eigenvalue weighted by atomic mass is 10.1. The van der Waals surface area contributed by atoms with Gasteiger partial charge in [-0.2, -0.15) is 8.78 Å². The van der Waals surface area contributed by atoms with E-state index in [0.29, 0.717) is 6.54 Å². The molecular formula is C21H24F2N2O3. The maximum absolute atomic E-state index is 12.8. The number of alkyl halides is 2. The molecule has 1 N–H and O–H groups in total. The minimum absolute atomic E-state index is 0.0212. The molecule has 2 aromatic carbocycles. The normalized spacial score (nSPS) is 15.4. The smallest absolute Gasteiger partial charge is 0.387 e. The molecule has 0 aromatic heterocycles. The van der Waals surface area contributed by atoms with E-state index in [1.165, 1.54) is 19.2 Å². The van der Waals surface area contributed by atoms with Crippen LogP contribution in [0.3, 0.4) is 0 Å². The van der Waals surface area contributed by atoms with Crippen molar-refractivity contribution >= 4 is 5.91 Å². The highest BCUT2D eigenvalue weighted by molar-refractivity contribution is 5.97. The van der Waals surface area contributed by atoms with Gasteiger partial charge in [-0.1, -0.05) is 36.4 Å². The standard InChI is InChI=1S/C21H24F2N2O3/c1-27-18-11-7-10-16(19(18)28-21(22)23)20(26)24-14-17(25-12-5-6-13-25)15-8-3-2-4-9-15/h2-4,7-11,17,21H,5-6,12-14H2,1H3,(H,24,26). The number of rotatable bonds is 8. The van der Waals surface area contributed by atoms with Crippen LogP contribution in [-0.4, -0.2) is 44.2 Å². The zero-order valence-electron chi connectivity index (χ0n) is 15.7. The number of amides is 1. The Balaban J connectivity index is 1.78. The predicted molar refractivity (Wildman–Crippen MR) is 102 cm³/mol. The molecule has 5 nitrogen and oxygen atoms in total. The van der Waals surface area contributed by atoms with E-state index < -0.39 is 12.5 Å². The highest BCUT2D eigenvalue weighted by atomic mass is 19.3. The summed E-state index contributed by atoms with van der Waals surface area (Å²) >= 11 is 0. The summed E-state index contributed by atoms with van der Waals surface area (Å²) < 4.78 is 35.2. The van der Waals surface area contributed by atoms with Gasteiger partial charge in [-0.25, -0.2) is 0 Å². The van der Waals surface area contributed by atoms with Crippen molar-refractivity contribution in [2.24, 2.45) is 0 Å². The number of carbonyl (C=O) groups excluding carboxylic acids is 1. The second kappa shape index (κ2) is 9.50. The first-order valence-electron chi connectivity index (χ1n) is 9.29. The molecule has 1 unspecified atom stereocenters. The first kappa shape index (κ1) is 20.1. The van der Waals surface area contributed by atoms with Gasteiger partial charge in [-0.3, -0.25) is 9.69 Å². The van der Waals surface area contributed by atoms with Gasteiger partial charge in [0, 0.05) is 6.54 Å². The van der Waals surface area contributed by atoms with Crippen LogP contribution in [0.5, 0.6) is 11.5 Å². The number of hydrogen-bond acceptors (Lipinski definition) is 4. The minimum atomic E-state index is -3.05. The molecule has 0 bridgehead atoms. The maximum atomic E-state index is 12.8. The van der Waals surface area contributed by atoms with Gasteiger partial charge in [-0.15, -0.1) is 0 Å². The van der Waals surface area contributed by atoms with Gasteiger partial charge in [0.25, 0.3) is 5.91 Å². The molecule has 0 saturated carbocycles. The van der Waals surface area contributed by atoms with Crippen molar-refractivity contribution in [1.82, 2.24) is 10.2 Å². The topological polar surface area (TPSA) is 50.8 Å². The molecule has 150 valence electrons. The number of nitrogens with zero attached hydrogens (tertiary/aromatic N) is 1. The molecule has 2 aromatic rings. The first-order chi connectivity index (χ1) is 13.6. The monoisotopic (exact) mass is 390 g/mol. The van der Waals surface area contributed by atoms with Crippen LogP contribution in [0.25, 0.3) is 0 Å². The molecule has 0 spiro atoms. The maximum Gasteiger partial charge on any atom is 0.387 e. The van der Waals surface area contributed by atoms with Crippen molar-refractivity contribution in [2.75, 3.05) is 26.7 Å². The molecule has 1 aliphatic heterocycles. The molecule has 7 heteroatoms. The van der Waals surface area contributed by atoms with Crippen LogP contribution in [0.15, 0.2) is 48.5 Å². The van der Waals surface area contributed by atoms with Gasteiger partial charge in [-0.05, 0) is 43.6 Å². The lowest BCUT2D eigenvalue weighted by molar-refractivity contribution is -0.0515. The van der Waals surface area contributed by atoms with E-state index in [-0.39, 0.29) is 23.1 Å². The van der Waals surface area contributed by atoms with Gasteiger partial charge in [0.15, 0.2) is 11.5 Å². The number of methoxy groups -OCH3 is 1. The fourth-order valence-corrected chi connectivity index (χ4v) is 3.54. The average Bonchev–Trinajstić information content (AvgIpc) is 3.23. The third-order valence-electron chi connectivity index (χ3n) is 4.87. The van der Waals surface area contributed by atoms with Crippen molar-refractivity contribution in [3.63, 3.8) is 0 Å². The Bertz CT molecular complexity index is 780. The van der Waals surface area contributed by atoms with Crippen LogP contribution in [0.2, 0.25) is 0 Å². The second-order valence-electron chi connectivity index (χ2n) is 6.60. The van der Waals surface area contributed by atoms with Crippen LogP contribution in [0.4, 0.5) is 8.78 Å². The van der Waals surface area contributed by atoms with Crippen LogP contribution >= 0.6 is 0 Å². The van der Waals surface area contributed by atoms with Gasteiger partial charge in [0.2, 0.25) is 0 Å². The fourth-order valence-electron chi connectivity index (χ4n) is 3.54. The molecule has 1 fully saturated rings. The van der Waals surface area contributed by atoms with E-state index >= 15 is 0 Å². The summed E-state index contributed by atoms with van der Waals surface area (Å²) in [6.07, 6.45) is 2.25. The lowest BCUT2D eigenvalue weighted by Crippen LogP contribution is -2.37. The number of ether oxygens (including phenoxy) is 2. The van der Waals surface area contributed by atoms with Crippen molar-refractivity contribution < 1.29 is 23.0 Å². The molecule has 3 rings (SSSR count). The molecule has 1 aliphatic rings. The van der Waals surface area contributed by atoms with E-state index in [1.54, 1.807) is 6.07 Å². The Labute approximate surface area is 163 Å². The summed E-state index contributed by atoms with van der Waals surface area (Å²) in [5.41, 5.74) is 1.13. The van der Waals surface area contributed by atoms with Crippen molar-refractivity contribution in [3.8, 4) is 11.5 Å². The van der Waals surface area contributed by atoms with E-state index in [2.05, 4.69) is 15.0 Å². The van der Waals surface area contributed by atoms with E-state index in [0.717, 1.165) is 31.5 Å². The third-order valence-corrected chi connectivity index (χ3v) is 4.87. The van der Waals surface area contributed by atoms with Crippen molar-refractivity contribution in [1.29, 1.82) is 0 Å². The molecule has 1 heterocycles. The Morgan fingerprint density at radius 1 is 1.11 bits per heavy atom. The first-order valence-corrected chi connectivity index (χ1v) is 9.29. The summed E-state index contributed by atoms with van der Waals surface area (Å²) in [6.45, 7) is -0.749.